The van der Waals surface area contributed by atoms with E-state index in [9.17, 15) is 0 Å². The zero-order valence-corrected chi connectivity index (χ0v) is 12.9. The van der Waals surface area contributed by atoms with Crippen molar-refractivity contribution in [1.29, 1.82) is 5.41 Å². The summed E-state index contributed by atoms with van der Waals surface area (Å²) in [7, 11) is 0. The van der Waals surface area contributed by atoms with Crippen LogP contribution in [0.25, 0.3) is 0 Å². The van der Waals surface area contributed by atoms with Crippen molar-refractivity contribution < 1.29 is 4.74 Å². The average molecular weight is 307 g/mol. The van der Waals surface area contributed by atoms with Crippen LogP contribution >= 0.6 is 11.6 Å². The standard InChI is InChI=1S/C15H19ClN4O/c1-3-11-8-12(20(4-2)19-11)9-21-14-7-10(16)5-6-13(14)15(17)18/h5-8H,3-4,9H2,1-2H3,(H3,17,18). The molecule has 0 amide bonds. The Morgan fingerprint density at radius 1 is 1.38 bits per heavy atom. The minimum atomic E-state index is -0.0417. The summed E-state index contributed by atoms with van der Waals surface area (Å²) >= 11 is 5.98. The molecule has 0 unspecified atom stereocenters. The lowest BCUT2D eigenvalue weighted by Crippen LogP contribution is -2.14. The molecule has 0 atom stereocenters. The fourth-order valence-corrected chi connectivity index (χ4v) is 2.23. The van der Waals surface area contributed by atoms with E-state index in [1.807, 2.05) is 17.7 Å². The number of ether oxygens (including phenoxy) is 1. The minimum absolute atomic E-state index is 0.0417. The number of rotatable bonds is 6. The predicted octanol–water partition coefficient (Wildman–Crippen LogP) is 2.98. The van der Waals surface area contributed by atoms with E-state index in [2.05, 4.69) is 12.0 Å². The molecule has 2 aromatic rings. The molecule has 0 radical (unpaired) electrons. The smallest absolute Gasteiger partial charge is 0.132 e. The molecule has 1 heterocycles. The van der Waals surface area contributed by atoms with Gasteiger partial charge in [-0.3, -0.25) is 10.1 Å². The van der Waals surface area contributed by atoms with E-state index in [4.69, 9.17) is 27.5 Å². The Labute approximate surface area is 129 Å². The van der Waals surface area contributed by atoms with E-state index in [0.29, 0.717) is 22.9 Å². The van der Waals surface area contributed by atoms with Gasteiger partial charge in [0.1, 0.15) is 18.2 Å². The first-order valence-corrected chi connectivity index (χ1v) is 7.25. The van der Waals surface area contributed by atoms with E-state index in [-0.39, 0.29) is 5.84 Å². The molecule has 21 heavy (non-hydrogen) atoms. The van der Waals surface area contributed by atoms with E-state index < -0.39 is 0 Å². The summed E-state index contributed by atoms with van der Waals surface area (Å²) < 4.78 is 7.71. The third kappa shape index (κ3) is 3.55. The Morgan fingerprint density at radius 2 is 2.14 bits per heavy atom. The number of nitrogens with zero attached hydrogens (tertiary/aromatic N) is 2. The Bertz CT molecular complexity index is 651. The summed E-state index contributed by atoms with van der Waals surface area (Å²) in [5.74, 6) is 0.469. The van der Waals surface area contributed by atoms with Gasteiger partial charge in [-0.25, -0.2) is 0 Å². The van der Waals surface area contributed by atoms with Gasteiger partial charge < -0.3 is 10.5 Å². The van der Waals surface area contributed by atoms with Crippen molar-refractivity contribution in [3.8, 4) is 5.75 Å². The van der Waals surface area contributed by atoms with Gasteiger partial charge in [-0.05, 0) is 37.6 Å². The van der Waals surface area contributed by atoms with Crippen molar-refractivity contribution in [3.05, 3.63) is 46.2 Å². The van der Waals surface area contributed by atoms with Gasteiger partial charge in [0.05, 0.1) is 17.0 Å². The van der Waals surface area contributed by atoms with Gasteiger partial charge in [0.2, 0.25) is 0 Å². The van der Waals surface area contributed by atoms with Crippen molar-refractivity contribution in [3.63, 3.8) is 0 Å². The highest BCUT2D eigenvalue weighted by molar-refractivity contribution is 6.30. The number of aryl methyl sites for hydroxylation is 2. The molecular formula is C15H19ClN4O. The van der Waals surface area contributed by atoms with Gasteiger partial charge in [0.15, 0.2) is 0 Å². The number of amidine groups is 1. The summed E-state index contributed by atoms with van der Waals surface area (Å²) in [5, 5.41) is 12.6. The molecule has 0 spiro atoms. The molecule has 5 nitrogen and oxygen atoms in total. The molecule has 0 aliphatic carbocycles. The van der Waals surface area contributed by atoms with Crippen LogP contribution in [0.5, 0.6) is 5.75 Å². The highest BCUT2D eigenvalue weighted by atomic mass is 35.5. The summed E-state index contributed by atoms with van der Waals surface area (Å²) in [4.78, 5) is 0. The maximum atomic E-state index is 7.58. The molecule has 0 bridgehead atoms. The van der Waals surface area contributed by atoms with Gasteiger partial charge in [-0.1, -0.05) is 18.5 Å². The molecule has 6 heteroatoms. The van der Waals surface area contributed by atoms with Crippen LogP contribution in [0.15, 0.2) is 24.3 Å². The molecule has 0 aliphatic rings. The maximum absolute atomic E-state index is 7.58. The van der Waals surface area contributed by atoms with Gasteiger partial charge >= 0.3 is 0 Å². The molecule has 0 fully saturated rings. The lowest BCUT2D eigenvalue weighted by atomic mass is 10.2. The number of halogens is 1. The number of nitrogens with two attached hydrogens (primary N) is 1. The van der Waals surface area contributed by atoms with E-state index >= 15 is 0 Å². The maximum Gasteiger partial charge on any atom is 0.132 e. The van der Waals surface area contributed by atoms with Crippen LogP contribution in [-0.4, -0.2) is 15.6 Å². The molecule has 0 aliphatic heterocycles. The van der Waals surface area contributed by atoms with E-state index in [1.54, 1.807) is 18.2 Å². The summed E-state index contributed by atoms with van der Waals surface area (Å²) in [6.07, 6.45) is 0.885. The quantitative estimate of drug-likeness (QED) is 0.636. The predicted molar refractivity (Wildman–Crippen MR) is 84.1 cm³/mol. The van der Waals surface area contributed by atoms with Crippen LogP contribution in [-0.2, 0) is 19.6 Å². The third-order valence-electron chi connectivity index (χ3n) is 3.19. The highest BCUT2D eigenvalue weighted by Gasteiger charge is 2.10. The first-order chi connectivity index (χ1) is 10.0. The summed E-state index contributed by atoms with van der Waals surface area (Å²) in [6, 6.07) is 7.08. The number of hydrogen-bond donors (Lipinski definition) is 2. The van der Waals surface area contributed by atoms with Crippen LogP contribution in [0.3, 0.4) is 0 Å². The number of aromatic nitrogens is 2. The third-order valence-corrected chi connectivity index (χ3v) is 3.42. The number of nitrogen functional groups attached to an aromatic ring is 1. The topological polar surface area (TPSA) is 76.9 Å². The number of benzene rings is 1. The molecule has 2 rings (SSSR count). The van der Waals surface area contributed by atoms with Gasteiger partial charge in [0, 0.05) is 11.6 Å². The Balaban J connectivity index is 2.21. The fraction of sp³-hybridized carbons (Fsp3) is 0.333. The largest absolute Gasteiger partial charge is 0.486 e. The number of hydrogen-bond acceptors (Lipinski definition) is 3. The van der Waals surface area contributed by atoms with Gasteiger partial charge in [0.25, 0.3) is 0 Å². The molecular weight excluding hydrogens is 288 g/mol. The summed E-state index contributed by atoms with van der Waals surface area (Å²) in [5.41, 5.74) is 8.12. The monoisotopic (exact) mass is 306 g/mol. The fourth-order valence-electron chi connectivity index (χ4n) is 2.07. The Morgan fingerprint density at radius 3 is 2.76 bits per heavy atom. The van der Waals surface area contributed by atoms with Crippen molar-refractivity contribution in [2.75, 3.05) is 0 Å². The zero-order valence-electron chi connectivity index (χ0n) is 12.2. The molecule has 0 saturated carbocycles. The normalized spacial score (nSPS) is 10.6. The SMILES string of the molecule is CCc1cc(COc2cc(Cl)ccc2C(=N)N)n(CC)n1. The lowest BCUT2D eigenvalue weighted by Gasteiger charge is -2.11. The lowest BCUT2D eigenvalue weighted by molar-refractivity contribution is 0.292. The first-order valence-electron chi connectivity index (χ1n) is 6.87. The Kier molecular flexibility index (Phi) is 4.85. The van der Waals surface area contributed by atoms with Crippen LogP contribution in [0.1, 0.15) is 30.8 Å². The number of nitrogens with one attached hydrogen (secondary N) is 1. The second kappa shape index (κ2) is 6.63. The van der Waals surface area contributed by atoms with E-state index in [1.165, 1.54) is 0 Å². The Hall–Kier alpha value is -2.01. The molecule has 1 aromatic heterocycles. The first kappa shape index (κ1) is 15.4. The molecule has 0 saturated heterocycles. The summed E-state index contributed by atoms with van der Waals surface area (Å²) in [6.45, 7) is 5.25. The van der Waals surface area contributed by atoms with Gasteiger partial charge in [-0.15, -0.1) is 0 Å². The zero-order chi connectivity index (χ0) is 15.4. The second-order valence-corrected chi connectivity index (χ2v) is 5.08. The van der Waals surface area contributed by atoms with Crippen molar-refractivity contribution in [2.45, 2.75) is 33.4 Å². The molecule has 1 aromatic carbocycles. The van der Waals surface area contributed by atoms with E-state index in [0.717, 1.165) is 24.4 Å². The second-order valence-electron chi connectivity index (χ2n) is 4.64. The molecule has 3 N–H and O–H groups in total. The van der Waals surface area contributed by atoms with Crippen LogP contribution in [0, 0.1) is 5.41 Å². The highest BCUT2D eigenvalue weighted by Crippen LogP contribution is 2.24. The minimum Gasteiger partial charge on any atom is -0.486 e. The van der Waals surface area contributed by atoms with Crippen LogP contribution < -0.4 is 10.5 Å². The van der Waals surface area contributed by atoms with Crippen LogP contribution in [0.4, 0.5) is 0 Å². The van der Waals surface area contributed by atoms with Gasteiger partial charge in [-0.2, -0.15) is 5.10 Å². The molecule has 112 valence electrons. The average Bonchev–Trinajstić information content (AvgIpc) is 2.87. The van der Waals surface area contributed by atoms with Crippen LogP contribution in [0.2, 0.25) is 5.02 Å². The van der Waals surface area contributed by atoms with Crippen molar-refractivity contribution in [1.82, 2.24) is 9.78 Å². The van der Waals surface area contributed by atoms with Crippen molar-refractivity contribution >= 4 is 17.4 Å². The van der Waals surface area contributed by atoms with Crippen molar-refractivity contribution in [2.24, 2.45) is 5.73 Å².